The lowest BCUT2D eigenvalue weighted by molar-refractivity contribution is -0.122. The van der Waals surface area contributed by atoms with Gasteiger partial charge in [0.1, 0.15) is 0 Å². The van der Waals surface area contributed by atoms with E-state index in [0.717, 1.165) is 18.5 Å². The van der Waals surface area contributed by atoms with Crippen LogP contribution in [0.1, 0.15) is 64.1 Å². The molecule has 1 aliphatic rings. The summed E-state index contributed by atoms with van der Waals surface area (Å²) in [4.78, 5) is 12.1. The molecule has 1 amide bonds. The van der Waals surface area contributed by atoms with Crippen LogP contribution < -0.4 is 10.6 Å². The molecule has 1 fully saturated rings. The van der Waals surface area contributed by atoms with Crippen molar-refractivity contribution < 1.29 is 4.79 Å². The molecule has 0 aliphatic carbocycles. The van der Waals surface area contributed by atoms with Crippen molar-refractivity contribution in [2.45, 2.75) is 64.5 Å². The van der Waals surface area contributed by atoms with Gasteiger partial charge in [-0.3, -0.25) is 4.79 Å². The average Bonchev–Trinajstić information content (AvgIpc) is 2.90. The van der Waals surface area contributed by atoms with Gasteiger partial charge >= 0.3 is 0 Å². The third kappa shape index (κ3) is 4.57. The monoisotopic (exact) mass is 288 g/mol. The smallest absolute Gasteiger partial charge is 0.222 e. The highest BCUT2D eigenvalue weighted by Gasteiger charge is 2.19. The van der Waals surface area contributed by atoms with Gasteiger partial charge in [0.25, 0.3) is 0 Å². The van der Waals surface area contributed by atoms with Gasteiger partial charge in [0.05, 0.1) is 6.04 Å². The maximum absolute atomic E-state index is 12.1. The molecular weight excluding hydrogens is 260 g/mol. The van der Waals surface area contributed by atoms with Crippen LogP contribution in [0.3, 0.4) is 0 Å². The number of benzene rings is 1. The standard InChI is InChI=1S/C18H28N2O/c1-13(20-17(21)12-16-6-5-11-19-16)14-7-9-15(10-8-14)18(2,3)4/h7-10,13,16,19H,5-6,11-12H2,1-4H3,(H,20,21). The topological polar surface area (TPSA) is 41.1 Å². The molecule has 0 aromatic heterocycles. The Hall–Kier alpha value is -1.35. The lowest BCUT2D eigenvalue weighted by Crippen LogP contribution is -2.33. The summed E-state index contributed by atoms with van der Waals surface area (Å²) in [7, 11) is 0. The molecule has 0 saturated carbocycles. The number of amides is 1. The molecule has 1 aromatic rings. The van der Waals surface area contributed by atoms with Crippen molar-refractivity contribution in [1.29, 1.82) is 0 Å². The van der Waals surface area contributed by atoms with E-state index >= 15 is 0 Å². The van der Waals surface area contributed by atoms with Crippen LogP contribution in [0.2, 0.25) is 0 Å². The van der Waals surface area contributed by atoms with Crippen molar-refractivity contribution in [3.63, 3.8) is 0 Å². The lowest BCUT2D eigenvalue weighted by atomic mass is 9.86. The quantitative estimate of drug-likeness (QED) is 0.892. The molecule has 0 radical (unpaired) electrons. The second-order valence-corrected chi connectivity index (χ2v) is 7.16. The van der Waals surface area contributed by atoms with Gasteiger partial charge in [-0.2, -0.15) is 0 Å². The van der Waals surface area contributed by atoms with Crippen LogP contribution in [0, 0.1) is 0 Å². The molecule has 1 aromatic carbocycles. The molecule has 2 unspecified atom stereocenters. The van der Waals surface area contributed by atoms with Crippen molar-refractivity contribution in [3.05, 3.63) is 35.4 Å². The van der Waals surface area contributed by atoms with Gasteiger partial charge in [0.15, 0.2) is 0 Å². The van der Waals surface area contributed by atoms with Crippen LogP contribution in [0.15, 0.2) is 24.3 Å². The first-order valence-electron chi connectivity index (χ1n) is 7.99. The summed E-state index contributed by atoms with van der Waals surface area (Å²) in [5.74, 6) is 0.141. The Morgan fingerprint density at radius 2 is 2.00 bits per heavy atom. The zero-order valence-electron chi connectivity index (χ0n) is 13.7. The molecule has 1 heterocycles. The molecular formula is C18H28N2O. The second-order valence-electron chi connectivity index (χ2n) is 7.16. The summed E-state index contributed by atoms with van der Waals surface area (Å²) in [6, 6.07) is 9.00. The number of hydrogen-bond acceptors (Lipinski definition) is 2. The van der Waals surface area contributed by atoms with Crippen LogP contribution in [0.4, 0.5) is 0 Å². The summed E-state index contributed by atoms with van der Waals surface area (Å²) >= 11 is 0. The summed E-state index contributed by atoms with van der Waals surface area (Å²) in [6.07, 6.45) is 2.88. The molecule has 2 rings (SSSR count). The minimum absolute atomic E-state index is 0.0629. The summed E-state index contributed by atoms with van der Waals surface area (Å²) < 4.78 is 0. The highest BCUT2D eigenvalue weighted by molar-refractivity contribution is 5.77. The molecule has 21 heavy (non-hydrogen) atoms. The maximum Gasteiger partial charge on any atom is 0.222 e. The van der Waals surface area contributed by atoms with Gasteiger partial charge in [0.2, 0.25) is 5.91 Å². The third-order valence-electron chi connectivity index (χ3n) is 4.25. The molecule has 116 valence electrons. The zero-order chi connectivity index (χ0) is 15.5. The highest BCUT2D eigenvalue weighted by Crippen LogP contribution is 2.24. The Labute approximate surface area is 128 Å². The first kappa shape index (κ1) is 16.0. The average molecular weight is 288 g/mol. The van der Waals surface area contributed by atoms with Crippen LogP contribution in [-0.2, 0) is 10.2 Å². The molecule has 0 bridgehead atoms. The van der Waals surface area contributed by atoms with Gasteiger partial charge in [0, 0.05) is 12.5 Å². The molecule has 3 nitrogen and oxygen atoms in total. The minimum atomic E-state index is 0.0629. The van der Waals surface area contributed by atoms with Gasteiger partial charge in [-0.1, -0.05) is 45.0 Å². The van der Waals surface area contributed by atoms with Crippen molar-refractivity contribution >= 4 is 5.91 Å². The molecule has 2 N–H and O–H groups in total. The Morgan fingerprint density at radius 1 is 1.33 bits per heavy atom. The van der Waals surface area contributed by atoms with Gasteiger partial charge < -0.3 is 10.6 Å². The summed E-state index contributed by atoms with van der Waals surface area (Å²) in [5, 5.41) is 6.47. The largest absolute Gasteiger partial charge is 0.350 e. The fourth-order valence-electron chi connectivity index (χ4n) is 2.81. The Balaban J connectivity index is 1.90. The predicted molar refractivity (Wildman–Crippen MR) is 87.3 cm³/mol. The van der Waals surface area contributed by atoms with Crippen molar-refractivity contribution in [2.75, 3.05) is 6.54 Å². The third-order valence-corrected chi connectivity index (χ3v) is 4.25. The van der Waals surface area contributed by atoms with Crippen LogP contribution in [-0.4, -0.2) is 18.5 Å². The van der Waals surface area contributed by atoms with Gasteiger partial charge in [-0.05, 0) is 42.9 Å². The molecule has 1 saturated heterocycles. The molecule has 3 heteroatoms. The molecule has 2 atom stereocenters. The van der Waals surface area contributed by atoms with E-state index in [1.54, 1.807) is 0 Å². The summed E-state index contributed by atoms with van der Waals surface area (Å²) in [6.45, 7) is 9.72. The predicted octanol–water partition coefficient (Wildman–Crippen LogP) is 3.30. The Morgan fingerprint density at radius 3 is 2.52 bits per heavy atom. The van der Waals surface area contributed by atoms with Crippen LogP contribution in [0.5, 0.6) is 0 Å². The number of carbonyl (C=O) groups is 1. The van der Waals surface area contributed by atoms with Crippen molar-refractivity contribution in [2.24, 2.45) is 0 Å². The fraction of sp³-hybridized carbons (Fsp3) is 0.611. The SMILES string of the molecule is CC(NC(=O)CC1CCCN1)c1ccc(C(C)(C)C)cc1. The Bertz CT molecular complexity index is 467. The first-order chi connectivity index (χ1) is 9.86. The maximum atomic E-state index is 12.1. The van der Waals surface area contributed by atoms with Crippen LogP contribution >= 0.6 is 0 Å². The highest BCUT2D eigenvalue weighted by atomic mass is 16.1. The number of hydrogen-bond donors (Lipinski definition) is 2. The molecule has 0 spiro atoms. The van der Waals surface area contributed by atoms with E-state index in [1.807, 2.05) is 6.92 Å². The number of nitrogens with one attached hydrogen (secondary N) is 2. The molecule has 1 aliphatic heterocycles. The number of rotatable bonds is 4. The van der Waals surface area contributed by atoms with Gasteiger partial charge in [-0.15, -0.1) is 0 Å². The van der Waals surface area contributed by atoms with E-state index in [2.05, 4.69) is 55.7 Å². The minimum Gasteiger partial charge on any atom is -0.350 e. The normalized spacial score (nSPS) is 20.3. The zero-order valence-corrected chi connectivity index (χ0v) is 13.7. The van der Waals surface area contributed by atoms with E-state index in [4.69, 9.17) is 0 Å². The van der Waals surface area contributed by atoms with E-state index in [0.29, 0.717) is 12.5 Å². The van der Waals surface area contributed by atoms with Gasteiger partial charge in [-0.25, -0.2) is 0 Å². The lowest BCUT2D eigenvalue weighted by Gasteiger charge is -2.21. The Kier molecular flexibility index (Phi) is 5.04. The van der Waals surface area contributed by atoms with E-state index < -0.39 is 0 Å². The van der Waals surface area contributed by atoms with E-state index in [9.17, 15) is 4.79 Å². The first-order valence-corrected chi connectivity index (χ1v) is 7.99. The van der Waals surface area contributed by atoms with E-state index in [-0.39, 0.29) is 17.4 Å². The number of carbonyl (C=O) groups excluding carboxylic acids is 1. The summed E-state index contributed by atoms with van der Waals surface area (Å²) in [5.41, 5.74) is 2.65. The van der Waals surface area contributed by atoms with E-state index in [1.165, 1.54) is 12.0 Å². The fourth-order valence-corrected chi connectivity index (χ4v) is 2.81. The second kappa shape index (κ2) is 6.61. The van der Waals surface area contributed by atoms with Crippen molar-refractivity contribution in [3.8, 4) is 0 Å². The van der Waals surface area contributed by atoms with Crippen LogP contribution in [0.25, 0.3) is 0 Å². The van der Waals surface area contributed by atoms with Crippen molar-refractivity contribution in [1.82, 2.24) is 10.6 Å².